The fourth-order valence-corrected chi connectivity index (χ4v) is 2.02. The van der Waals surface area contributed by atoms with Crippen molar-refractivity contribution in [2.24, 2.45) is 0 Å². The highest BCUT2D eigenvalue weighted by molar-refractivity contribution is 5.98. The Bertz CT molecular complexity index is 583. The molecule has 0 fully saturated rings. The predicted molar refractivity (Wildman–Crippen MR) is 74.7 cm³/mol. The largest absolute Gasteiger partial charge is 0.361 e. The Morgan fingerprint density at radius 1 is 1.39 bits per heavy atom. The molecule has 1 N–H and O–H groups in total. The van der Waals surface area contributed by atoms with Crippen LogP contribution in [-0.2, 0) is 0 Å². The summed E-state index contributed by atoms with van der Waals surface area (Å²) < 4.78 is 0. The first kappa shape index (κ1) is 12.4. The molecule has 1 aromatic heterocycles. The molecule has 0 saturated heterocycles. The number of hydrogen-bond donors (Lipinski definition) is 1. The molecule has 3 nitrogen and oxygen atoms in total. The van der Waals surface area contributed by atoms with E-state index in [9.17, 15) is 4.79 Å². The standard InChI is InChI=1S/C15H18N2O/c1-4-17(10-11(2)3)15(18)13-5-6-14-12(9-13)7-8-16-14/h5-9,16H,2,4,10H2,1,3H3. The quantitative estimate of drug-likeness (QED) is 0.821. The average Bonchev–Trinajstić information content (AvgIpc) is 2.81. The minimum absolute atomic E-state index is 0.0589. The lowest BCUT2D eigenvalue weighted by molar-refractivity contribution is 0.0778. The molecule has 0 aliphatic carbocycles. The SMILES string of the molecule is C=C(C)CN(CC)C(=O)c1ccc2[nH]ccc2c1. The number of carbonyl (C=O) groups is 1. The number of nitrogens with one attached hydrogen (secondary N) is 1. The highest BCUT2D eigenvalue weighted by atomic mass is 16.2. The van der Waals surface area contributed by atoms with Gasteiger partial charge in [0.15, 0.2) is 0 Å². The van der Waals surface area contributed by atoms with Gasteiger partial charge in [-0.25, -0.2) is 0 Å². The van der Waals surface area contributed by atoms with Gasteiger partial charge >= 0.3 is 0 Å². The zero-order valence-corrected chi connectivity index (χ0v) is 10.9. The molecule has 2 aromatic rings. The second-order valence-corrected chi connectivity index (χ2v) is 4.56. The van der Waals surface area contributed by atoms with Crippen molar-refractivity contribution in [1.82, 2.24) is 9.88 Å². The lowest BCUT2D eigenvalue weighted by Gasteiger charge is -2.21. The predicted octanol–water partition coefficient (Wildman–Crippen LogP) is 3.21. The molecule has 0 saturated carbocycles. The summed E-state index contributed by atoms with van der Waals surface area (Å²) in [4.78, 5) is 17.3. The van der Waals surface area contributed by atoms with Crippen LogP contribution in [0.5, 0.6) is 0 Å². The molecule has 0 aliphatic rings. The smallest absolute Gasteiger partial charge is 0.254 e. The van der Waals surface area contributed by atoms with Gasteiger partial charge in [0.2, 0.25) is 0 Å². The number of likely N-dealkylation sites (N-methyl/N-ethyl adjacent to an activating group) is 1. The van der Waals surface area contributed by atoms with Crippen LogP contribution in [0.3, 0.4) is 0 Å². The Morgan fingerprint density at radius 2 is 2.17 bits per heavy atom. The maximum absolute atomic E-state index is 12.4. The number of H-pyrrole nitrogens is 1. The molecule has 0 bridgehead atoms. The van der Waals surface area contributed by atoms with E-state index in [2.05, 4.69) is 11.6 Å². The lowest BCUT2D eigenvalue weighted by Crippen LogP contribution is -2.32. The third-order valence-electron chi connectivity index (χ3n) is 2.93. The molecular formula is C15H18N2O. The van der Waals surface area contributed by atoms with Gasteiger partial charge in [0, 0.05) is 35.8 Å². The maximum Gasteiger partial charge on any atom is 0.254 e. The van der Waals surface area contributed by atoms with Crippen molar-refractivity contribution in [3.05, 3.63) is 48.2 Å². The van der Waals surface area contributed by atoms with Crippen molar-refractivity contribution in [2.45, 2.75) is 13.8 Å². The first-order valence-corrected chi connectivity index (χ1v) is 6.12. The number of rotatable bonds is 4. The summed E-state index contributed by atoms with van der Waals surface area (Å²) in [7, 11) is 0. The van der Waals surface area contributed by atoms with Gasteiger partial charge in [-0.2, -0.15) is 0 Å². The maximum atomic E-state index is 12.4. The molecule has 0 radical (unpaired) electrons. The van der Waals surface area contributed by atoms with Crippen molar-refractivity contribution >= 4 is 16.8 Å². The van der Waals surface area contributed by atoms with Gasteiger partial charge in [-0.1, -0.05) is 12.2 Å². The lowest BCUT2D eigenvalue weighted by atomic mass is 10.1. The van der Waals surface area contributed by atoms with E-state index < -0.39 is 0 Å². The van der Waals surface area contributed by atoms with Gasteiger partial charge in [-0.05, 0) is 38.1 Å². The summed E-state index contributed by atoms with van der Waals surface area (Å²) in [5.74, 6) is 0.0589. The highest BCUT2D eigenvalue weighted by Gasteiger charge is 2.14. The van der Waals surface area contributed by atoms with Crippen LogP contribution in [0.25, 0.3) is 10.9 Å². The van der Waals surface area contributed by atoms with Crippen molar-refractivity contribution in [2.75, 3.05) is 13.1 Å². The fourth-order valence-electron chi connectivity index (χ4n) is 2.02. The summed E-state index contributed by atoms with van der Waals surface area (Å²) in [6.45, 7) is 9.08. The van der Waals surface area contributed by atoms with Crippen LogP contribution >= 0.6 is 0 Å². The fraction of sp³-hybridized carbons (Fsp3) is 0.267. The summed E-state index contributed by atoms with van der Waals surface area (Å²) >= 11 is 0. The summed E-state index contributed by atoms with van der Waals surface area (Å²) in [6.07, 6.45) is 1.88. The second kappa shape index (κ2) is 5.08. The number of benzene rings is 1. The van der Waals surface area contributed by atoms with Gasteiger partial charge in [-0.15, -0.1) is 0 Å². The Balaban J connectivity index is 2.28. The topological polar surface area (TPSA) is 36.1 Å². The van der Waals surface area contributed by atoms with E-state index in [1.807, 2.05) is 44.3 Å². The molecule has 18 heavy (non-hydrogen) atoms. The third kappa shape index (κ3) is 2.45. The number of hydrogen-bond acceptors (Lipinski definition) is 1. The monoisotopic (exact) mass is 242 g/mol. The number of nitrogens with zero attached hydrogens (tertiary/aromatic N) is 1. The summed E-state index contributed by atoms with van der Waals surface area (Å²) in [6, 6.07) is 7.70. The Kier molecular flexibility index (Phi) is 3.51. The van der Waals surface area contributed by atoms with Gasteiger partial charge in [0.05, 0.1) is 0 Å². The number of amides is 1. The number of aromatic amines is 1. The molecule has 94 valence electrons. The van der Waals surface area contributed by atoms with Gasteiger partial charge < -0.3 is 9.88 Å². The van der Waals surface area contributed by atoms with E-state index in [1.54, 1.807) is 4.90 Å². The van der Waals surface area contributed by atoms with Crippen molar-refractivity contribution < 1.29 is 4.79 Å². The zero-order chi connectivity index (χ0) is 13.1. The van der Waals surface area contributed by atoms with E-state index in [4.69, 9.17) is 0 Å². The van der Waals surface area contributed by atoms with Crippen molar-refractivity contribution in [3.63, 3.8) is 0 Å². The third-order valence-corrected chi connectivity index (χ3v) is 2.93. The second-order valence-electron chi connectivity index (χ2n) is 4.56. The molecular weight excluding hydrogens is 224 g/mol. The molecule has 0 atom stereocenters. The molecule has 2 rings (SSSR count). The van der Waals surface area contributed by atoms with Crippen LogP contribution in [0.4, 0.5) is 0 Å². The average molecular weight is 242 g/mol. The number of aromatic nitrogens is 1. The normalized spacial score (nSPS) is 10.6. The van der Waals surface area contributed by atoms with Crippen LogP contribution in [-0.4, -0.2) is 28.9 Å². The van der Waals surface area contributed by atoms with E-state index in [-0.39, 0.29) is 5.91 Å². The van der Waals surface area contributed by atoms with E-state index in [0.717, 1.165) is 22.0 Å². The molecule has 0 unspecified atom stereocenters. The first-order valence-electron chi connectivity index (χ1n) is 6.12. The van der Waals surface area contributed by atoms with Crippen LogP contribution in [0.2, 0.25) is 0 Å². The van der Waals surface area contributed by atoms with Gasteiger partial charge in [0.25, 0.3) is 5.91 Å². The summed E-state index contributed by atoms with van der Waals surface area (Å²) in [5.41, 5.74) is 2.77. The Labute approximate surface area is 107 Å². The van der Waals surface area contributed by atoms with Crippen molar-refractivity contribution in [3.8, 4) is 0 Å². The van der Waals surface area contributed by atoms with Gasteiger partial charge in [-0.3, -0.25) is 4.79 Å². The van der Waals surface area contributed by atoms with E-state index >= 15 is 0 Å². The Hall–Kier alpha value is -2.03. The molecule has 0 aliphatic heterocycles. The molecule has 1 amide bonds. The van der Waals surface area contributed by atoms with Crippen LogP contribution in [0, 0.1) is 0 Å². The summed E-state index contributed by atoms with van der Waals surface area (Å²) in [5, 5.41) is 1.06. The minimum Gasteiger partial charge on any atom is -0.361 e. The number of carbonyl (C=O) groups excluding carboxylic acids is 1. The molecule has 1 heterocycles. The van der Waals surface area contributed by atoms with Crippen molar-refractivity contribution in [1.29, 1.82) is 0 Å². The van der Waals surface area contributed by atoms with E-state index in [0.29, 0.717) is 13.1 Å². The molecule has 3 heteroatoms. The van der Waals surface area contributed by atoms with Crippen LogP contribution < -0.4 is 0 Å². The molecule has 1 aromatic carbocycles. The Morgan fingerprint density at radius 3 is 2.83 bits per heavy atom. The minimum atomic E-state index is 0.0589. The van der Waals surface area contributed by atoms with Gasteiger partial charge in [0.1, 0.15) is 0 Å². The number of fused-ring (bicyclic) bond motifs is 1. The van der Waals surface area contributed by atoms with Crippen LogP contribution in [0.1, 0.15) is 24.2 Å². The van der Waals surface area contributed by atoms with Crippen LogP contribution in [0.15, 0.2) is 42.6 Å². The first-order chi connectivity index (χ1) is 8.61. The highest BCUT2D eigenvalue weighted by Crippen LogP contribution is 2.16. The molecule has 0 spiro atoms. The van der Waals surface area contributed by atoms with E-state index in [1.165, 1.54) is 0 Å². The zero-order valence-electron chi connectivity index (χ0n) is 10.9.